The van der Waals surface area contributed by atoms with Gasteiger partial charge in [0.2, 0.25) is 0 Å². The first-order valence-corrected chi connectivity index (χ1v) is 7.23. The average Bonchev–Trinajstić information content (AvgIpc) is 2.83. The Hall–Kier alpha value is -0.870. The minimum atomic E-state index is 0.886. The minimum absolute atomic E-state index is 0.886. The lowest BCUT2D eigenvalue weighted by Crippen LogP contribution is -2.24. The average molecular weight is 252 g/mol. The summed E-state index contributed by atoms with van der Waals surface area (Å²) in [5, 5.41) is 3.37. The van der Waals surface area contributed by atoms with Gasteiger partial charge in [-0.3, -0.25) is 0 Å². The fourth-order valence-corrected chi connectivity index (χ4v) is 2.03. The maximum Gasteiger partial charge on any atom is 0.0949 e. The maximum absolute atomic E-state index is 4.41. The third-order valence-corrected chi connectivity index (χ3v) is 3.20. The number of imidazole rings is 1. The van der Waals surface area contributed by atoms with Gasteiger partial charge in [0, 0.05) is 19.3 Å². The van der Waals surface area contributed by atoms with E-state index in [1.807, 2.05) is 6.33 Å². The molecule has 0 aromatic carbocycles. The molecule has 1 rings (SSSR count). The molecule has 1 aromatic heterocycles. The van der Waals surface area contributed by atoms with Crippen molar-refractivity contribution in [1.82, 2.24) is 19.8 Å². The van der Waals surface area contributed by atoms with Crippen molar-refractivity contribution in [2.45, 2.75) is 46.7 Å². The Bertz CT molecular complexity index is 304. The van der Waals surface area contributed by atoms with Gasteiger partial charge < -0.3 is 14.8 Å². The number of hydrogen-bond acceptors (Lipinski definition) is 3. The van der Waals surface area contributed by atoms with Crippen molar-refractivity contribution in [2.24, 2.45) is 0 Å². The monoisotopic (exact) mass is 252 g/mol. The predicted octanol–water partition coefficient (Wildman–Crippen LogP) is 2.11. The molecule has 0 amide bonds. The molecule has 0 atom stereocenters. The normalized spacial score (nSPS) is 11.3. The van der Waals surface area contributed by atoms with E-state index < -0.39 is 0 Å². The van der Waals surface area contributed by atoms with Crippen LogP contribution in [0.2, 0.25) is 0 Å². The van der Waals surface area contributed by atoms with Crippen molar-refractivity contribution in [2.75, 3.05) is 26.2 Å². The van der Waals surface area contributed by atoms with Crippen molar-refractivity contribution in [3.8, 4) is 0 Å². The standard InChI is InChI=1S/C14H28N4/c1-4-8-15-11-14-12-18(13-16-14)10-7-9-17(5-2)6-3/h12-13,15H,4-11H2,1-3H3. The second-order valence-electron chi connectivity index (χ2n) is 4.66. The number of nitrogens with one attached hydrogen (secondary N) is 1. The smallest absolute Gasteiger partial charge is 0.0949 e. The van der Waals surface area contributed by atoms with E-state index in [9.17, 15) is 0 Å². The lowest BCUT2D eigenvalue weighted by Gasteiger charge is -2.17. The van der Waals surface area contributed by atoms with Crippen LogP contribution in [-0.4, -0.2) is 40.6 Å². The molecule has 0 radical (unpaired) electrons. The van der Waals surface area contributed by atoms with Gasteiger partial charge in [-0.2, -0.15) is 0 Å². The Morgan fingerprint density at radius 3 is 2.72 bits per heavy atom. The molecule has 0 aliphatic heterocycles. The molecule has 0 bridgehead atoms. The summed E-state index contributed by atoms with van der Waals surface area (Å²) in [6.07, 6.45) is 6.47. The Balaban J connectivity index is 2.22. The molecular formula is C14H28N4. The molecule has 0 aliphatic carbocycles. The van der Waals surface area contributed by atoms with Gasteiger partial charge in [-0.15, -0.1) is 0 Å². The van der Waals surface area contributed by atoms with Crippen LogP contribution < -0.4 is 5.32 Å². The summed E-state index contributed by atoms with van der Waals surface area (Å²) in [5.74, 6) is 0. The fourth-order valence-electron chi connectivity index (χ4n) is 2.03. The van der Waals surface area contributed by atoms with Crippen LogP contribution in [0.4, 0.5) is 0 Å². The molecule has 0 unspecified atom stereocenters. The molecule has 18 heavy (non-hydrogen) atoms. The zero-order chi connectivity index (χ0) is 13.2. The van der Waals surface area contributed by atoms with Crippen molar-refractivity contribution in [3.05, 3.63) is 18.2 Å². The topological polar surface area (TPSA) is 33.1 Å². The van der Waals surface area contributed by atoms with E-state index in [1.165, 1.54) is 19.4 Å². The molecule has 0 saturated carbocycles. The van der Waals surface area contributed by atoms with Gasteiger partial charge in [-0.25, -0.2) is 4.98 Å². The van der Waals surface area contributed by atoms with Gasteiger partial charge in [0.15, 0.2) is 0 Å². The molecule has 0 saturated heterocycles. The van der Waals surface area contributed by atoms with Crippen molar-refractivity contribution >= 4 is 0 Å². The summed E-state index contributed by atoms with van der Waals surface area (Å²) in [6, 6.07) is 0. The van der Waals surface area contributed by atoms with Crippen LogP contribution in [0.3, 0.4) is 0 Å². The summed E-state index contributed by atoms with van der Waals surface area (Å²) < 4.78 is 2.20. The van der Waals surface area contributed by atoms with Gasteiger partial charge >= 0.3 is 0 Å². The molecule has 1 N–H and O–H groups in total. The Kier molecular flexibility index (Phi) is 7.69. The fraction of sp³-hybridized carbons (Fsp3) is 0.786. The highest BCUT2D eigenvalue weighted by atomic mass is 15.1. The Labute approximate surface area is 111 Å². The first-order chi connectivity index (χ1) is 8.80. The van der Waals surface area contributed by atoms with Crippen molar-refractivity contribution in [3.63, 3.8) is 0 Å². The molecule has 104 valence electrons. The Morgan fingerprint density at radius 1 is 1.28 bits per heavy atom. The zero-order valence-corrected chi connectivity index (χ0v) is 12.2. The first kappa shape index (κ1) is 15.2. The van der Waals surface area contributed by atoms with Gasteiger partial charge in [0.1, 0.15) is 0 Å². The van der Waals surface area contributed by atoms with Crippen LogP contribution in [0.5, 0.6) is 0 Å². The molecule has 0 aliphatic rings. The largest absolute Gasteiger partial charge is 0.337 e. The van der Waals surface area contributed by atoms with Crippen LogP contribution in [0.25, 0.3) is 0 Å². The van der Waals surface area contributed by atoms with E-state index in [1.54, 1.807) is 0 Å². The molecule has 4 heteroatoms. The molecule has 1 heterocycles. The van der Waals surface area contributed by atoms with Crippen LogP contribution in [0.15, 0.2) is 12.5 Å². The van der Waals surface area contributed by atoms with E-state index in [4.69, 9.17) is 0 Å². The lowest BCUT2D eigenvalue weighted by molar-refractivity contribution is 0.293. The van der Waals surface area contributed by atoms with Gasteiger partial charge in [0.25, 0.3) is 0 Å². The highest BCUT2D eigenvalue weighted by molar-refractivity contribution is 4.96. The highest BCUT2D eigenvalue weighted by Crippen LogP contribution is 1.99. The van der Waals surface area contributed by atoms with E-state index in [0.717, 1.165) is 38.4 Å². The van der Waals surface area contributed by atoms with E-state index in [2.05, 4.69) is 46.7 Å². The first-order valence-electron chi connectivity index (χ1n) is 7.23. The van der Waals surface area contributed by atoms with Crippen LogP contribution in [-0.2, 0) is 13.1 Å². The number of aromatic nitrogens is 2. The summed E-state index contributed by atoms with van der Waals surface area (Å²) in [6.45, 7) is 13.1. The van der Waals surface area contributed by atoms with E-state index in [0.29, 0.717) is 0 Å². The van der Waals surface area contributed by atoms with Crippen LogP contribution >= 0.6 is 0 Å². The summed E-state index contributed by atoms with van der Waals surface area (Å²) in [4.78, 5) is 6.87. The minimum Gasteiger partial charge on any atom is -0.337 e. The predicted molar refractivity (Wildman–Crippen MR) is 76.6 cm³/mol. The lowest BCUT2D eigenvalue weighted by atomic mass is 10.3. The van der Waals surface area contributed by atoms with Gasteiger partial charge in [-0.1, -0.05) is 20.8 Å². The highest BCUT2D eigenvalue weighted by Gasteiger charge is 2.01. The molecular weight excluding hydrogens is 224 g/mol. The van der Waals surface area contributed by atoms with Gasteiger partial charge in [0.05, 0.1) is 12.0 Å². The van der Waals surface area contributed by atoms with Gasteiger partial charge in [-0.05, 0) is 39.0 Å². The molecule has 0 fully saturated rings. The molecule has 0 spiro atoms. The number of hydrogen-bond donors (Lipinski definition) is 1. The quantitative estimate of drug-likeness (QED) is 0.648. The second-order valence-corrected chi connectivity index (χ2v) is 4.66. The number of aryl methyl sites for hydroxylation is 1. The molecule has 4 nitrogen and oxygen atoms in total. The second kappa shape index (κ2) is 9.11. The third-order valence-electron chi connectivity index (χ3n) is 3.20. The van der Waals surface area contributed by atoms with Crippen molar-refractivity contribution in [1.29, 1.82) is 0 Å². The van der Waals surface area contributed by atoms with Crippen LogP contribution in [0, 0.1) is 0 Å². The third kappa shape index (κ3) is 5.65. The summed E-state index contributed by atoms with van der Waals surface area (Å²) in [7, 11) is 0. The zero-order valence-electron chi connectivity index (χ0n) is 12.2. The van der Waals surface area contributed by atoms with Crippen molar-refractivity contribution < 1.29 is 0 Å². The van der Waals surface area contributed by atoms with Crippen LogP contribution in [0.1, 0.15) is 39.3 Å². The van der Waals surface area contributed by atoms with E-state index in [-0.39, 0.29) is 0 Å². The molecule has 1 aromatic rings. The maximum atomic E-state index is 4.41. The number of rotatable bonds is 10. The Morgan fingerprint density at radius 2 is 2.06 bits per heavy atom. The summed E-state index contributed by atoms with van der Waals surface area (Å²) >= 11 is 0. The summed E-state index contributed by atoms with van der Waals surface area (Å²) in [5.41, 5.74) is 1.14. The SMILES string of the molecule is CCCNCc1cn(CCCN(CC)CC)cn1. The van der Waals surface area contributed by atoms with E-state index >= 15 is 0 Å². The number of nitrogens with zero attached hydrogens (tertiary/aromatic N) is 3.